The summed E-state index contributed by atoms with van der Waals surface area (Å²) in [6, 6.07) is 6.15. The third kappa shape index (κ3) is 1.61. The molecule has 0 unspecified atom stereocenters. The molecule has 70 valence electrons. The van der Waals surface area contributed by atoms with Crippen LogP contribution in [0.25, 0.3) is 11.4 Å². The van der Waals surface area contributed by atoms with Gasteiger partial charge in [-0.3, -0.25) is 4.98 Å². The molecule has 2 aromatic rings. The van der Waals surface area contributed by atoms with E-state index in [0.717, 1.165) is 0 Å². The Balaban J connectivity index is 2.52. The highest BCUT2D eigenvalue weighted by Crippen LogP contribution is 2.19. The van der Waals surface area contributed by atoms with Crippen molar-refractivity contribution in [2.75, 3.05) is 0 Å². The fraction of sp³-hybridized carbons (Fsp3) is 0. The minimum Gasteiger partial charge on any atom is -0.493 e. The summed E-state index contributed by atoms with van der Waals surface area (Å²) >= 11 is 0. The summed E-state index contributed by atoms with van der Waals surface area (Å²) in [5.74, 6) is -0.279. The zero-order valence-corrected chi connectivity index (χ0v) is 7.12. The van der Waals surface area contributed by atoms with E-state index in [1.54, 1.807) is 24.4 Å². The second-order valence-corrected chi connectivity index (χ2v) is 2.63. The molecule has 2 aromatic heterocycles. The van der Waals surface area contributed by atoms with Crippen molar-refractivity contribution in [3.05, 3.63) is 30.5 Å². The van der Waals surface area contributed by atoms with Gasteiger partial charge in [0.05, 0.1) is 11.4 Å². The fourth-order valence-corrected chi connectivity index (χ4v) is 1.07. The van der Waals surface area contributed by atoms with Crippen LogP contribution in [-0.4, -0.2) is 25.2 Å². The predicted molar refractivity (Wildman–Crippen MR) is 48.6 cm³/mol. The summed E-state index contributed by atoms with van der Waals surface area (Å²) in [7, 11) is 0. The number of hydrogen-bond donors (Lipinski definition) is 2. The number of rotatable bonds is 1. The lowest BCUT2D eigenvalue weighted by atomic mass is 10.2. The Labute approximate surface area is 79.7 Å². The van der Waals surface area contributed by atoms with Crippen molar-refractivity contribution in [1.29, 1.82) is 0 Å². The average Bonchev–Trinajstić information content (AvgIpc) is 2.18. The normalized spacial score (nSPS) is 10.0. The molecular formula is C9H7N3O2. The van der Waals surface area contributed by atoms with E-state index in [-0.39, 0.29) is 5.88 Å². The lowest BCUT2D eigenvalue weighted by molar-refractivity contribution is 0.398. The summed E-state index contributed by atoms with van der Waals surface area (Å²) in [5.41, 5.74) is 0.955. The van der Waals surface area contributed by atoms with Crippen molar-refractivity contribution in [3.8, 4) is 23.3 Å². The van der Waals surface area contributed by atoms with Gasteiger partial charge in [0.2, 0.25) is 5.88 Å². The van der Waals surface area contributed by atoms with E-state index in [4.69, 9.17) is 10.2 Å². The lowest BCUT2D eigenvalue weighted by Crippen LogP contribution is -1.88. The van der Waals surface area contributed by atoms with Gasteiger partial charge in [-0.2, -0.15) is 9.97 Å². The first-order valence-corrected chi connectivity index (χ1v) is 3.94. The first-order chi connectivity index (χ1) is 6.75. The second-order valence-electron chi connectivity index (χ2n) is 2.63. The molecule has 0 aliphatic rings. The maximum absolute atomic E-state index is 9.12. The SMILES string of the molecule is Oc1cc(-c2ccccn2)nc(O)n1. The van der Waals surface area contributed by atoms with E-state index in [1.165, 1.54) is 6.07 Å². The molecule has 2 rings (SSSR count). The van der Waals surface area contributed by atoms with E-state index in [2.05, 4.69) is 15.0 Å². The molecule has 0 radical (unpaired) electrons. The Morgan fingerprint density at radius 3 is 2.50 bits per heavy atom. The highest BCUT2D eigenvalue weighted by atomic mass is 16.3. The molecule has 0 bridgehead atoms. The van der Waals surface area contributed by atoms with Crippen LogP contribution in [0.3, 0.4) is 0 Å². The molecule has 2 N–H and O–H groups in total. The molecule has 0 atom stereocenters. The van der Waals surface area contributed by atoms with Crippen LogP contribution >= 0.6 is 0 Å². The molecular weight excluding hydrogens is 182 g/mol. The molecule has 0 fully saturated rings. The molecule has 0 aliphatic heterocycles. The quantitative estimate of drug-likeness (QED) is 0.698. The van der Waals surface area contributed by atoms with Crippen molar-refractivity contribution < 1.29 is 10.2 Å². The number of aromatic nitrogens is 3. The van der Waals surface area contributed by atoms with Gasteiger partial charge in [-0.15, -0.1) is 0 Å². The smallest absolute Gasteiger partial charge is 0.317 e. The first-order valence-electron chi connectivity index (χ1n) is 3.94. The van der Waals surface area contributed by atoms with Gasteiger partial charge in [0, 0.05) is 12.3 Å². The van der Waals surface area contributed by atoms with Gasteiger partial charge in [-0.1, -0.05) is 6.07 Å². The van der Waals surface area contributed by atoms with Crippen LogP contribution in [0.2, 0.25) is 0 Å². The Morgan fingerprint density at radius 2 is 1.86 bits per heavy atom. The lowest BCUT2D eigenvalue weighted by Gasteiger charge is -1.99. The Hall–Kier alpha value is -2.17. The van der Waals surface area contributed by atoms with Crippen LogP contribution in [0.1, 0.15) is 0 Å². The highest BCUT2D eigenvalue weighted by molar-refractivity contribution is 5.54. The number of hydrogen-bond acceptors (Lipinski definition) is 5. The van der Waals surface area contributed by atoms with Gasteiger partial charge >= 0.3 is 6.01 Å². The minimum atomic E-state index is -0.467. The maximum Gasteiger partial charge on any atom is 0.317 e. The third-order valence-electron chi connectivity index (χ3n) is 1.63. The van der Waals surface area contributed by atoms with Crippen LogP contribution in [0, 0.1) is 0 Å². The Morgan fingerprint density at radius 1 is 1.00 bits per heavy atom. The van der Waals surface area contributed by atoms with Crippen LogP contribution in [0.4, 0.5) is 0 Å². The van der Waals surface area contributed by atoms with Gasteiger partial charge in [0.15, 0.2) is 0 Å². The monoisotopic (exact) mass is 189 g/mol. The highest BCUT2D eigenvalue weighted by Gasteiger charge is 2.04. The first kappa shape index (κ1) is 8.43. The molecule has 5 nitrogen and oxygen atoms in total. The van der Waals surface area contributed by atoms with Crippen molar-refractivity contribution >= 4 is 0 Å². The topological polar surface area (TPSA) is 79.1 Å². The van der Waals surface area contributed by atoms with Gasteiger partial charge in [0.1, 0.15) is 0 Å². The van der Waals surface area contributed by atoms with E-state index in [0.29, 0.717) is 11.4 Å². The molecule has 5 heteroatoms. The maximum atomic E-state index is 9.12. The predicted octanol–water partition coefficient (Wildman–Crippen LogP) is 0.950. The van der Waals surface area contributed by atoms with Gasteiger partial charge < -0.3 is 10.2 Å². The van der Waals surface area contributed by atoms with Crippen molar-refractivity contribution in [1.82, 2.24) is 15.0 Å². The average molecular weight is 189 g/mol. The van der Waals surface area contributed by atoms with E-state index in [9.17, 15) is 0 Å². The van der Waals surface area contributed by atoms with E-state index < -0.39 is 6.01 Å². The molecule has 0 spiro atoms. The molecule has 0 saturated heterocycles. The van der Waals surface area contributed by atoms with Gasteiger partial charge in [-0.05, 0) is 12.1 Å². The van der Waals surface area contributed by atoms with E-state index >= 15 is 0 Å². The van der Waals surface area contributed by atoms with Gasteiger partial charge in [0.25, 0.3) is 0 Å². The van der Waals surface area contributed by atoms with E-state index in [1.807, 2.05) is 0 Å². The van der Waals surface area contributed by atoms with Crippen molar-refractivity contribution in [2.45, 2.75) is 0 Å². The summed E-state index contributed by atoms with van der Waals surface area (Å²) in [6.07, 6.45) is 1.60. The Bertz CT molecular complexity index is 425. The molecule has 0 aliphatic carbocycles. The Kier molecular flexibility index (Phi) is 1.98. The number of nitrogens with zero attached hydrogens (tertiary/aromatic N) is 3. The fourth-order valence-electron chi connectivity index (χ4n) is 1.07. The molecule has 0 saturated carbocycles. The summed E-state index contributed by atoms with van der Waals surface area (Å²) in [4.78, 5) is 11.1. The van der Waals surface area contributed by atoms with Crippen molar-refractivity contribution in [2.24, 2.45) is 0 Å². The van der Waals surface area contributed by atoms with Crippen LogP contribution in [0.5, 0.6) is 11.9 Å². The molecule has 2 heterocycles. The molecule has 0 aromatic carbocycles. The van der Waals surface area contributed by atoms with Crippen LogP contribution < -0.4 is 0 Å². The third-order valence-corrected chi connectivity index (χ3v) is 1.63. The van der Waals surface area contributed by atoms with Crippen molar-refractivity contribution in [3.63, 3.8) is 0 Å². The zero-order chi connectivity index (χ0) is 9.97. The van der Waals surface area contributed by atoms with Crippen LogP contribution in [-0.2, 0) is 0 Å². The summed E-state index contributed by atoms with van der Waals surface area (Å²) in [6.45, 7) is 0. The summed E-state index contributed by atoms with van der Waals surface area (Å²) in [5, 5.41) is 18.2. The summed E-state index contributed by atoms with van der Waals surface area (Å²) < 4.78 is 0. The molecule has 0 amide bonds. The number of pyridine rings is 1. The largest absolute Gasteiger partial charge is 0.493 e. The molecule has 14 heavy (non-hydrogen) atoms. The van der Waals surface area contributed by atoms with Crippen LogP contribution in [0.15, 0.2) is 30.5 Å². The van der Waals surface area contributed by atoms with Gasteiger partial charge in [-0.25, -0.2) is 0 Å². The number of aromatic hydroxyl groups is 2. The minimum absolute atomic E-state index is 0.279. The zero-order valence-electron chi connectivity index (χ0n) is 7.12. The second kappa shape index (κ2) is 3.29. The standard InChI is InChI=1S/C9H7N3O2/c13-8-5-7(11-9(14)12-8)6-3-1-2-4-10-6/h1-5H,(H2,11,12,13,14).